The van der Waals surface area contributed by atoms with Gasteiger partial charge in [0.05, 0.1) is 11.3 Å². The van der Waals surface area contributed by atoms with Gasteiger partial charge in [-0.2, -0.15) is 13.2 Å². The number of benzene rings is 1. The summed E-state index contributed by atoms with van der Waals surface area (Å²) in [5, 5.41) is 11.1. The van der Waals surface area contributed by atoms with Gasteiger partial charge in [0.25, 0.3) is 0 Å². The lowest BCUT2D eigenvalue weighted by molar-refractivity contribution is -0.0327. The molecular weight excluding hydrogens is 274 g/mol. The molecule has 0 aromatic heterocycles. The highest BCUT2D eigenvalue weighted by Gasteiger charge is 2.27. The summed E-state index contributed by atoms with van der Waals surface area (Å²) in [6, 6.07) is 3.16. The minimum atomic E-state index is -4.31. The lowest BCUT2D eigenvalue weighted by Gasteiger charge is -2.09. The average molecular weight is 283 g/mol. The third-order valence-electron chi connectivity index (χ3n) is 1.90. The molecule has 3 nitrogen and oxygen atoms in total. The first-order valence-electron chi connectivity index (χ1n) is 4.77. The maximum absolute atomic E-state index is 13.3. The van der Waals surface area contributed by atoms with Crippen LogP contribution in [0.5, 0.6) is 0 Å². The van der Waals surface area contributed by atoms with Crippen LogP contribution in [-0.2, 0) is 0 Å². The predicted molar refractivity (Wildman–Crippen MR) is 60.4 cm³/mol. The first kappa shape index (κ1) is 14.6. The fourth-order valence-electron chi connectivity index (χ4n) is 1.14. The van der Waals surface area contributed by atoms with E-state index in [1.54, 1.807) is 0 Å². The van der Waals surface area contributed by atoms with Gasteiger partial charge in [-0.05, 0) is 30.0 Å². The van der Waals surface area contributed by atoms with Crippen LogP contribution in [0.15, 0.2) is 18.2 Å². The summed E-state index contributed by atoms with van der Waals surface area (Å²) in [6.07, 6.45) is 0. The number of alkyl halides is 3. The SMILES string of the molecule is O=C(O)c1ccc(NCCSC(F)(F)F)c(F)c1. The molecule has 0 aliphatic carbocycles. The van der Waals surface area contributed by atoms with Crippen molar-refractivity contribution in [2.24, 2.45) is 0 Å². The third kappa shape index (κ3) is 4.82. The van der Waals surface area contributed by atoms with Crippen molar-refractivity contribution in [1.82, 2.24) is 0 Å². The number of rotatable bonds is 5. The minimum absolute atomic E-state index is 0.0252. The van der Waals surface area contributed by atoms with E-state index in [-0.39, 0.29) is 35.3 Å². The van der Waals surface area contributed by atoms with Gasteiger partial charge in [-0.3, -0.25) is 0 Å². The van der Waals surface area contributed by atoms with E-state index in [1.807, 2.05) is 0 Å². The minimum Gasteiger partial charge on any atom is -0.478 e. The van der Waals surface area contributed by atoms with Gasteiger partial charge in [-0.25, -0.2) is 9.18 Å². The van der Waals surface area contributed by atoms with Gasteiger partial charge in [0, 0.05) is 12.3 Å². The number of aromatic carboxylic acids is 1. The molecule has 8 heteroatoms. The van der Waals surface area contributed by atoms with Crippen molar-refractivity contribution in [2.75, 3.05) is 17.6 Å². The largest absolute Gasteiger partial charge is 0.478 e. The van der Waals surface area contributed by atoms with Gasteiger partial charge in [-0.1, -0.05) is 0 Å². The molecule has 1 aromatic carbocycles. The molecule has 0 aliphatic rings. The maximum Gasteiger partial charge on any atom is 0.441 e. The molecule has 18 heavy (non-hydrogen) atoms. The number of hydrogen-bond donors (Lipinski definition) is 2. The number of carboxylic acids is 1. The molecule has 1 aromatic rings. The Morgan fingerprint density at radius 2 is 2.06 bits per heavy atom. The summed E-state index contributed by atoms with van der Waals surface area (Å²) < 4.78 is 48.7. The first-order valence-corrected chi connectivity index (χ1v) is 5.75. The second kappa shape index (κ2) is 5.94. The topological polar surface area (TPSA) is 49.3 Å². The second-order valence-electron chi connectivity index (χ2n) is 3.22. The van der Waals surface area contributed by atoms with E-state index >= 15 is 0 Å². The summed E-state index contributed by atoms with van der Waals surface area (Å²) in [5.74, 6) is -2.34. The molecular formula is C10H9F4NO2S. The van der Waals surface area contributed by atoms with E-state index in [2.05, 4.69) is 5.32 Å². The van der Waals surface area contributed by atoms with Crippen LogP contribution in [0.25, 0.3) is 0 Å². The van der Waals surface area contributed by atoms with Crippen molar-refractivity contribution in [2.45, 2.75) is 5.51 Å². The van der Waals surface area contributed by atoms with Crippen molar-refractivity contribution in [3.8, 4) is 0 Å². The van der Waals surface area contributed by atoms with E-state index in [4.69, 9.17) is 5.11 Å². The zero-order valence-corrected chi connectivity index (χ0v) is 9.74. The molecule has 0 heterocycles. The monoisotopic (exact) mass is 283 g/mol. The van der Waals surface area contributed by atoms with Crippen LogP contribution < -0.4 is 5.32 Å². The smallest absolute Gasteiger partial charge is 0.441 e. The van der Waals surface area contributed by atoms with Crippen molar-refractivity contribution < 1.29 is 27.5 Å². The second-order valence-corrected chi connectivity index (χ2v) is 4.38. The highest BCUT2D eigenvalue weighted by molar-refractivity contribution is 8.00. The Balaban J connectivity index is 2.51. The number of carbonyl (C=O) groups is 1. The molecule has 0 aliphatic heterocycles. The molecule has 0 saturated carbocycles. The molecule has 0 saturated heterocycles. The molecule has 0 atom stereocenters. The first-order chi connectivity index (χ1) is 8.29. The molecule has 0 amide bonds. The van der Waals surface area contributed by atoms with Gasteiger partial charge in [0.2, 0.25) is 0 Å². The molecule has 1 rings (SSSR count). The predicted octanol–water partition coefficient (Wildman–Crippen LogP) is 3.19. The van der Waals surface area contributed by atoms with Crippen molar-refractivity contribution in [1.29, 1.82) is 0 Å². The van der Waals surface area contributed by atoms with Crippen LogP contribution in [-0.4, -0.2) is 28.9 Å². The maximum atomic E-state index is 13.3. The molecule has 0 radical (unpaired) electrons. The summed E-state index contributed by atoms with van der Waals surface area (Å²) in [4.78, 5) is 10.5. The highest BCUT2D eigenvalue weighted by atomic mass is 32.2. The number of nitrogens with one attached hydrogen (secondary N) is 1. The summed E-state index contributed by atoms with van der Waals surface area (Å²) in [5.41, 5.74) is -4.56. The average Bonchev–Trinajstić information content (AvgIpc) is 2.24. The van der Waals surface area contributed by atoms with Gasteiger partial charge in [-0.15, -0.1) is 0 Å². The fourth-order valence-corrected chi connectivity index (χ4v) is 1.58. The number of halogens is 4. The Bertz CT molecular complexity index is 436. The summed E-state index contributed by atoms with van der Waals surface area (Å²) >= 11 is -0.212. The van der Waals surface area contributed by atoms with E-state index in [9.17, 15) is 22.4 Å². The standard InChI is InChI=1S/C10H9F4NO2S/c11-7-5-6(9(16)17)1-2-8(7)15-3-4-18-10(12,13)14/h1-2,5,15H,3-4H2,(H,16,17). The fraction of sp³-hybridized carbons (Fsp3) is 0.300. The number of carboxylic acid groups (broad SMARTS) is 1. The molecule has 100 valence electrons. The normalized spacial score (nSPS) is 11.3. The Kier molecular flexibility index (Phi) is 4.83. The van der Waals surface area contributed by atoms with Gasteiger partial charge in [0.1, 0.15) is 5.82 Å². The molecule has 0 spiro atoms. The number of thioether (sulfide) groups is 1. The summed E-state index contributed by atoms with van der Waals surface area (Å²) in [6.45, 7) is -0.0759. The van der Waals surface area contributed by atoms with Crippen molar-refractivity contribution >= 4 is 23.4 Å². The Morgan fingerprint density at radius 1 is 1.39 bits per heavy atom. The van der Waals surface area contributed by atoms with Gasteiger partial charge in [0.15, 0.2) is 0 Å². The zero-order chi connectivity index (χ0) is 13.8. The molecule has 0 unspecified atom stereocenters. The van der Waals surface area contributed by atoms with Crippen molar-refractivity contribution in [3.05, 3.63) is 29.6 Å². The van der Waals surface area contributed by atoms with Crippen LogP contribution in [0.4, 0.5) is 23.2 Å². The van der Waals surface area contributed by atoms with Crippen LogP contribution >= 0.6 is 11.8 Å². The van der Waals surface area contributed by atoms with Crippen LogP contribution in [0, 0.1) is 5.82 Å². The lowest BCUT2D eigenvalue weighted by atomic mass is 10.2. The van der Waals surface area contributed by atoms with Crippen molar-refractivity contribution in [3.63, 3.8) is 0 Å². The number of hydrogen-bond acceptors (Lipinski definition) is 3. The quantitative estimate of drug-likeness (QED) is 0.643. The Labute approximate surface area is 104 Å². The van der Waals surface area contributed by atoms with E-state index in [0.717, 1.165) is 6.07 Å². The highest BCUT2D eigenvalue weighted by Crippen LogP contribution is 2.29. The van der Waals surface area contributed by atoms with Crippen LogP contribution in [0.3, 0.4) is 0 Å². The van der Waals surface area contributed by atoms with Gasteiger partial charge >= 0.3 is 11.5 Å². The van der Waals surface area contributed by atoms with Gasteiger partial charge < -0.3 is 10.4 Å². The third-order valence-corrected chi connectivity index (χ3v) is 2.63. The van der Waals surface area contributed by atoms with Crippen LogP contribution in [0.2, 0.25) is 0 Å². The Hall–Kier alpha value is -1.44. The van der Waals surface area contributed by atoms with E-state index < -0.39 is 17.3 Å². The Morgan fingerprint density at radius 3 is 2.56 bits per heavy atom. The summed E-state index contributed by atoms with van der Waals surface area (Å²) in [7, 11) is 0. The van der Waals surface area contributed by atoms with Crippen LogP contribution in [0.1, 0.15) is 10.4 Å². The molecule has 0 bridgehead atoms. The molecule has 2 N–H and O–H groups in total. The number of anilines is 1. The van der Waals surface area contributed by atoms with E-state index in [0.29, 0.717) is 0 Å². The molecule has 0 fully saturated rings. The lowest BCUT2D eigenvalue weighted by Crippen LogP contribution is -2.10. The zero-order valence-electron chi connectivity index (χ0n) is 8.92. The van der Waals surface area contributed by atoms with E-state index in [1.165, 1.54) is 12.1 Å².